The number of hydrogen-bond donors (Lipinski definition) is 2. The van der Waals surface area contributed by atoms with Crippen molar-refractivity contribution >= 4 is 11.6 Å². The number of halogens is 3. The summed E-state index contributed by atoms with van der Waals surface area (Å²) in [7, 11) is 0. The standard InChI is InChI=1S/C13H15F3N2O/c1-8(2)11(18-12(19)13(14,15)16)10(17)9-6-4-3-5-7-9/h3-8,11,17H,1-2H3,(H,18,19)/t11-/m0/s1. The predicted molar refractivity (Wildman–Crippen MR) is 66.1 cm³/mol. The fourth-order valence-electron chi connectivity index (χ4n) is 1.59. The summed E-state index contributed by atoms with van der Waals surface area (Å²) in [6.07, 6.45) is -4.94. The second-order valence-corrected chi connectivity index (χ2v) is 4.47. The summed E-state index contributed by atoms with van der Waals surface area (Å²) >= 11 is 0. The van der Waals surface area contributed by atoms with Crippen LogP contribution in [0.5, 0.6) is 0 Å². The van der Waals surface area contributed by atoms with Crippen molar-refractivity contribution in [2.75, 3.05) is 0 Å². The van der Waals surface area contributed by atoms with E-state index in [1.807, 2.05) is 5.32 Å². The van der Waals surface area contributed by atoms with Crippen LogP contribution in [-0.4, -0.2) is 23.8 Å². The summed E-state index contributed by atoms with van der Waals surface area (Å²) in [5, 5.41) is 9.80. The smallest absolute Gasteiger partial charge is 0.340 e. The van der Waals surface area contributed by atoms with Crippen molar-refractivity contribution in [3.05, 3.63) is 35.9 Å². The number of carbonyl (C=O) groups excluding carboxylic acids is 1. The Labute approximate surface area is 109 Å². The zero-order valence-electron chi connectivity index (χ0n) is 10.6. The first kappa shape index (κ1) is 15.2. The Kier molecular flexibility index (Phi) is 4.69. The summed E-state index contributed by atoms with van der Waals surface area (Å²) in [5.41, 5.74) is 0.455. The maximum absolute atomic E-state index is 12.3. The van der Waals surface area contributed by atoms with Gasteiger partial charge in [-0.15, -0.1) is 0 Å². The second-order valence-electron chi connectivity index (χ2n) is 4.47. The highest BCUT2D eigenvalue weighted by atomic mass is 19.4. The SMILES string of the molecule is CC(C)[C@H](NC(=O)C(F)(F)F)C(=N)c1ccccc1. The fourth-order valence-corrected chi connectivity index (χ4v) is 1.59. The van der Waals surface area contributed by atoms with Gasteiger partial charge in [0.05, 0.1) is 11.8 Å². The Morgan fingerprint density at radius 3 is 2.16 bits per heavy atom. The maximum atomic E-state index is 12.3. The largest absolute Gasteiger partial charge is 0.471 e. The van der Waals surface area contributed by atoms with E-state index in [1.54, 1.807) is 44.2 Å². The van der Waals surface area contributed by atoms with Crippen molar-refractivity contribution in [2.45, 2.75) is 26.1 Å². The summed E-state index contributed by atoms with van der Waals surface area (Å²) in [4.78, 5) is 11.0. The quantitative estimate of drug-likeness (QED) is 0.814. The average Bonchev–Trinajstić information content (AvgIpc) is 2.34. The van der Waals surface area contributed by atoms with E-state index in [0.29, 0.717) is 5.56 Å². The monoisotopic (exact) mass is 272 g/mol. The van der Waals surface area contributed by atoms with Crippen LogP contribution in [0.25, 0.3) is 0 Å². The number of benzene rings is 1. The lowest BCUT2D eigenvalue weighted by atomic mass is 9.94. The van der Waals surface area contributed by atoms with Gasteiger partial charge in [0.15, 0.2) is 0 Å². The van der Waals surface area contributed by atoms with E-state index >= 15 is 0 Å². The molecule has 1 atom stereocenters. The van der Waals surface area contributed by atoms with Gasteiger partial charge in [0.25, 0.3) is 0 Å². The van der Waals surface area contributed by atoms with Crippen molar-refractivity contribution in [1.82, 2.24) is 5.32 Å². The van der Waals surface area contributed by atoms with Crippen molar-refractivity contribution in [2.24, 2.45) is 5.92 Å². The van der Waals surface area contributed by atoms with E-state index in [9.17, 15) is 18.0 Å². The molecule has 0 bridgehead atoms. The molecule has 0 saturated heterocycles. The Bertz CT molecular complexity index is 455. The highest BCUT2D eigenvalue weighted by Crippen LogP contribution is 2.17. The van der Waals surface area contributed by atoms with Crippen LogP contribution in [0.3, 0.4) is 0 Å². The number of amides is 1. The maximum Gasteiger partial charge on any atom is 0.471 e. The van der Waals surface area contributed by atoms with Crippen LogP contribution in [0.4, 0.5) is 13.2 Å². The topological polar surface area (TPSA) is 53.0 Å². The molecule has 0 aliphatic heterocycles. The van der Waals surface area contributed by atoms with E-state index < -0.39 is 18.1 Å². The predicted octanol–water partition coefficient (Wildman–Crippen LogP) is 2.76. The molecule has 0 heterocycles. The Morgan fingerprint density at radius 2 is 1.74 bits per heavy atom. The number of rotatable bonds is 4. The molecule has 3 nitrogen and oxygen atoms in total. The molecule has 104 valence electrons. The Balaban J connectivity index is 2.91. The minimum Gasteiger partial charge on any atom is -0.340 e. The lowest BCUT2D eigenvalue weighted by Gasteiger charge is -2.24. The van der Waals surface area contributed by atoms with E-state index in [-0.39, 0.29) is 11.6 Å². The number of alkyl halides is 3. The first-order chi connectivity index (χ1) is 8.73. The Morgan fingerprint density at radius 1 is 1.21 bits per heavy atom. The molecule has 1 rings (SSSR count). The molecule has 1 aromatic carbocycles. The molecular weight excluding hydrogens is 257 g/mol. The third kappa shape index (κ3) is 4.08. The third-order valence-corrected chi connectivity index (χ3v) is 2.61. The summed E-state index contributed by atoms with van der Waals surface area (Å²) < 4.78 is 36.8. The van der Waals surface area contributed by atoms with Crippen LogP contribution in [0, 0.1) is 11.3 Å². The molecule has 0 aromatic heterocycles. The van der Waals surface area contributed by atoms with Gasteiger partial charge in [-0.1, -0.05) is 44.2 Å². The van der Waals surface area contributed by atoms with Crippen LogP contribution >= 0.6 is 0 Å². The number of hydrogen-bond acceptors (Lipinski definition) is 2. The molecule has 0 radical (unpaired) electrons. The van der Waals surface area contributed by atoms with Crippen molar-refractivity contribution < 1.29 is 18.0 Å². The molecule has 0 saturated carbocycles. The average molecular weight is 272 g/mol. The first-order valence-corrected chi connectivity index (χ1v) is 5.75. The van der Waals surface area contributed by atoms with Crippen LogP contribution in [0.2, 0.25) is 0 Å². The molecular formula is C13H15F3N2O. The van der Waals surface area contributed by atoms with Crippen LogP contribution < -0.4 is 5.32 Å². The fraction of sp³-hybridized carbons (Fsp3) is 0.385. The van der Waals surface area contributed by atoms with Crippen molar-refractivity contribution in [3.8, 4) is 0 Å². The van der Waals surface area contributed by atoms with Gasteiger partial charge in [-0.25, -0.2) is 0 Å². The minimum absolute atomic E-state index is 0.0341. The van der Waals surface area contributed by atoms with Crippen LogP contribution in [0.15, 0.2) is 30.3 Å². The van der Waals surface area contributed by atoms with E-state index in [2.05, 4.69) is 0 Å². The summed E-state index contributed by atoms with van der Waals surface area (Å²) in [6.45, 7) is 3.30. The minimum atomic E-state index is -4.94. The lowest BCUT2D eigenvalue weighted by Crippen LogP contribution is -2.49. The first-order valence-electron chi connectivity index (χ1n) is 5.75. The third-order valence-electron chi connectivity index (χ3n) is 2.61. The van der Waals surface area contributed by atoms with E-state index in [1.165, 1.54) is 0 Å². The number of nitrogens with one attached hydrogen (secondary N) is 2. The molecule has 0 unspecified atom stereocenters. The molecule has 0 fully saturated rings. The Hall–Kier alpha value is -1.85. The summed E-state index contributed by atoms with van der Waals surface area (Å²) in [5.74, 6) is -2.34. The van der Waals surface area contributed by atoms with E-state index in [4.69, 9.17) is 5.41 Å². The molecule has 2 N–H and O–H groups in total. The second kappa shape index (κ2) is 5.86. The molecule has 1 amide bonds. The highest BCUT2D eigenvalue weighted by Gasteiger charge is 2.40. The van der Waals surface area contributed by atoms with Crippen LogP contribution in [0.1, 0.15) is 19.4 Å². The van der Waals surface area contributed by atoms with Crippen LogP contribution in [-0.2, 0) is 4.79 Å². The van der Waals surface area contributed by atoms with Gasteiger partial charge >= 0.3 is 12.1 Å². The molecule has 6 heteroatoms. The molecule has 19 heavy (non-hydrogen) atoms. The number of carbonyl (C=O) groups is 1. The highest BCUT2D eigenvalue weighted by molar-refractivity contribution is 6.04. The zero-order valence-corrected chi connectivity index (χ0v) is 10.6. The summed E-state index contributed by atoms with van der Waals surface area (Å²) in [6, 6.07) is 7.39. The molecule has 0 aliphatic rings. The molecule has 0 aliphatic carbocycles. The molecule has 1 aromatic rings. The van der Waals surface area contributed by atoms with Gasteiger partial charge in [-0.2, -0.15) is 13.2 Å². The van der Waals surface area contributed by atoms with Gasteiger partial charge in [0.1, 0.15) is 0 Å². The zero-order chi connectivity index (χ0) is 14.6. The van der Waals surface area contributed by atoms with Gasteiger partial charge in [0, 0.05) is 0 Å². The van der Waals surface area contributed by atoms with Gasteiger partial charge in [0.2, 0.25) is 0 Å². The van der Waals surface area contributed by atoms with Crippen molar-refractivity contribution in [3.63, 3.8) is 0 Å². The van der Waals surface area contributed by atoms with E-state index in [0.717, 1.165) is 0 Å². The lowest BCUT2D eigenvalue weighted by molar-refractivity contribution is -0.174. The van der Waals surface area contributed by atoms with Crippen molar-refractivity contribution in [1.29, 1.82) is 5.41 Å². The van der Waals surface area contributed by atoms with Gasteiger partial charge in [-0.3, -0.25) is 4.79 Å². The van der Waals surface area contributed by atoms with Gasteiger partial charge < -0.3 is 10.7 Å². The molecule has 0 spiro atoms. The van der Waals surface area contributed by atoms with Gasteiger partial charge in [-0.05, 0) is 11.5 Å². The normalized spacial score (nSPS) is 13.2.